The summed E-state index contributed by atoms with van der Waals surface area (Å²) in [6.45, 7) is 1.72. The quantitative estimate of drug-likeness (QED) is 0.690. The summed E-state index contributed by atoms with van der Waals surface area (Å²) in [5, 5.41) is 3.71. The SMILES string of the molecule is FC(F)(F)c1ccc2sc(NCc3ccnc(OC4CCOC4)c3)nc2c1. The molecule has 9 heteroatoms. The maximum Gasteiger partial charge on any atom is 0.416 e. The Kier molecular flexibility index (Phi) is 4.88. The van der Waals surface area contributed by atoms with Gasteiger partial charge in [-0.25, -0.2) is 9.97 Å². The van der Waals surface area contributed by atoms with E-state index < -0.39 is 11.7 Å². The van der Waals surface area contributed by atoms with Crippen LogP contribution in [0.4, 0.5) is 18.3 Å². The van der Waals surface area contributed by atoms with E-state index in [0.29, 0.717) is 41.0 Å². The molecule has 1 atom stereocenters. The normalized spacial score (nSPS) is 17.4. The fourth-order valence-corrected chi connectivity index (χ4v) is 3.60. The molecule has 0 bridgehead atoms. The number of fused-ring (bicyclic) bond motifs is 1. The Morgan fingerprint density at radius 3 is 2.93 bits per heavy atom. The molecule has 5 nitrogen and oxygen atoms in total. The van der Waals surface area contributed by atoms with Gasteiger partial charge in [-0.2, -0.15) is 13.2 Å². The summed E-state index contributed by atoms with van der Waals surface area (Å²) in [7, 11) is 0. The van der Waals surface area contributed by atoms with Crippen molar-refractivity contribution < 1.29 is 22.6 Å². The second kappa shape index (κ2) is 7.32. The fourth-order valence-electron chi connectivity index (χ4n) is 2.76. The van der Waals surface area contributed by atoms with Crippen molar-refractivity contribution >= 4 is 26.7 Å². The number of thiazole rings is 1. The lowest BCUT2D eigenvalue weighted by Gasteiger charge is -2.11. The van der Waals surface area contributed by atoms with E-state index in [9.17, 15) is 13.2 Å². The van der Waals surface area contributed by atoms with Gasteiger partial charge in [0.2, 0.25) is 5.88 Å². The third-order valence-corrected chi connectivity index (χ3v) is 5.13. The van der Waals surface area contributed by atoms with Crippen LogP contribution in [0.2, 0.25) is 0 Å². The summed E-state index contributed by atoms with van der Waals surface area (Å²) in [6.07, 6.45) is -1.84. The molecule has 0 spiro atoms. The van der Waals surface area contributed by atoms with Crippen molar-refractivity contribution in [1.82, 2.24) is 9.97 Å². The monoisotopic (exact) mass is 395 g/mol. The van der Waals surface area contributed by atoms with E-state index in [0.717, 1.165) is 24.1 Å². The number of aromatic nitrogens is 2. The molecule has 1 fully saturated rings. The van der Waals surface area contributed by atoms with Gasteiger partial charge in [0.25, 0.3) is 0 Å². The first-order valence-corrected chi connectivity index (χ1v) is 9.20. The number of rotatable bonds is 5. The summed E-state index contributed by atoms with van der Waals surface area (Å²) < 4.78 is 50.2. The van der Waals surface area contributed by atoms with Gasteiger partial charge in [0.1, 0.15) is 6.10 Å². The molecule has 3 heterocycles. The Hall–Kier alpha value is -2.39. The lowest BCUT2D eigenvalue weighted by molar-refractivity contribution is -0.137. The number of halogens is 3. The minimum absolute atomic E-state index is 0.0211. The first kappa shape index (κ1) is 18.0. The highest BCUT2D eigenvalue weighted by molar-refractivity contribution is 7.22. The number of pyridine rings is 1. The molecule has 1 aliphatic heterocycles. The molecule has 1 aromatic carbocycles. The molecule has 4 rings (SSSR count). The van der Waals surface area contributed by atoms with Crippen LogP contribution < -0.4 is 10.1 Å². The van der Waals surface area contributed by atoms with Crippen LogP contribution in [0.5, 0.6) is 5.88 Å². The zero-order valence-corrected chi connectivity index (χ0v) is 14.9. The molecule has 0 saturated carbocycles. The number of benzene rings is 1. The Bertz CT molecular complexity index is 939. The van der Waals surface area contributed by atoms with Crippen LogP contribution in [-0.2, 0) is 17.5 Å². The minimum Gasteiger partial charge on any atom is -0.472 e. The molecule has 27 heavy (non-hydrogen) atoms. The van der Waals surface area contributed by atoms with Crippen molar-refractivity contribution in [2.24, 2.45) is 0 Å². The third-order valence-electron chi connectivity index (χ3n) is 4.13. The number of ether oxygens (including phenoxy) is 2. The van der Waals surface area contributed by atoms with Crippen molar-refractivity contribution in [3.8, 4) is 5.88 Å². The number of anilines is 1. The molecule has 0 radical (unpaired) electrons. The van der Waals surface area contributed by atoms with Crippen LogP contribution in [-0.4, -0.2) is 29.3 Å². The standard InChI is InChI=1S/C18H16F3N3O2S/c19-18(20,21)12-1-2-15-14(8-12)24-17(27-15)23-9-11-3-5-22-16(7-11)26-13-4-6-25-10-13/h1-3,5,7-8,13H,4,6,9-10H2,(H,23,24). The summed E-state index contributed by atoms with van der Waals surface area (Å²) in [6, 6.07) is 7.27. The van der Waals surface area contributed by atoms with E-state index in [1.165, 1.54) is 17.4 Å². The minimum atomic E-state index is -4.37. The van der Waals surface area contributed by atoms with Crippen molar-refractivity contribution in [2.45, 2.75) is 25.2 Å². The van der Waals surface area contributed by atoms with Crippen LogP contribution in [0.25, 0.3) is 10.2 Å². The van der Waals surface area contributed by atoms with E-state index in [2.05, 4.69) is 15.3 Å². The molecule has 1 aliphatic rings. The van der Waals surface area contributed by atoms with Crippen molar-refractivity contribution in [3.63, 3.8) is 0 Å². The molecule has 1 N–H and O–H groups in total. The van der Waals surface area contributed by atoms with Crippen LogP contribution in [0.3, 0.4) is 0 Å². The third kappa shape index (κ3) is 4.30. The van der Waals surface area contributed by atoms with Crippen molar-refractivity contribution in [1.29, 1.82) is 0 Å². The average Bonchev–Trinajstić information content (AvgIpc) is 3.28. The molecular formula is C18H16F3N3O2S. The lowest BCUT2D eigenvalue weighted by Crippen LogP contribution is -2.16. The number of alkyl halides is 3. The largest absolute Gasteiger partial charge is 0.472 e. The van der Waals surface area contributed by atoms with Crippen molar-refractivity contribution in [2.75, 3.05) is 18.5 Å². The first-order valence-electron chi connectivity index (χ1n) is 8.38. The zero-order valence-electron chi connectivity index (χ0n) is 14.1. The topological polar surface area (TPSA) is 56.3 Å². The van der Waals surface area contributed by atoms with Crippen molar-refractivity contribution in [3.05, 3.63) is 47.7 Å². The highest BCUT2D eigenvalue weighted by Gasteiger charge is 2.30. The van der Waals surface area contributed by atoms with E-state index in [1.54, 1.807) is 6.20 Å². The molecule has 1 unspecified atom stereocenters. The van der Waals surface area contributed by atoms with E-state index in [-0.39, 0.29) is 6.10 Å². The van der Waals surface area contributed by atoms with Gasteiger partial charge in [0.15, 0.2) is 5.13 Å². The van der Waals surface area contributed by atoms with Gasteiger partial charge in [-0.3, -0.25) is 0 Å². The summed E-state index contributed by atoms with van der Waals surface area (Å²) in [5.41, 5.74) is 0.574. The number of nitrogens with one attached hydrogen (secondary N) is 1. The van der Waals surface area contributed by atoms with Crippen LogP contribution >= 0.6 is 11.3 Å². The Balaban J connectivity index is 1.43. The summed E-state index contributed by atoms with van der Waals surface area (Å²) in [4.78, 5) is 8.45. The van der Waals surface area contributed by atoms with Gasteiger partial charge in [-0.05, 0) is 29.8 Å². The Labute approximate surface area is 157 Å². The second-order valence-electron chi connectivity index (χ2n) is 6.16. The molecule has 2 aromatic heterocycles. The first-order chi connectivity index (χ1) is 13.0. The number of nitrogens with zero attached hydrogens (tertiary/aromatic N) is 2. The second-order valence-corrected chi connectivity index (χ2v) is 7.19. The maximum atomic E-state index is 12.8. The number of hydrogen-bond donors (Lipinski definition) is 1. The van der Waals surface area contributed by atoms with E-state index in [1.807, 2.05) is 12.1 Å². The fraction of sp³-hybridized carbons (Fsp3) is 0.333. The van der Waals surface area contributed by atoms with Crippen LogP contribution in [0.15, 0.2) is 36.5 Å². The molecule has 0 aliphatic carbocycles. The summed E-state index contributed by atoms with van der Waals surface area (Å²) in [5.74, 6) is 0.531. The molecular weight excluding hydrogens is 379 g/mol. The van der Waals surface area contributed by atoms with Gasteiger partial charge in [-0.15, -0.1) is 0 Å². The molecule has 142 valence electrons. The van der Waals surface area contributed by atoms with Gasteiger partial charge in [-0.1, -0.05) is 11.3 Å². The predicted molar refractivity (Wildman–Crippen MR) is 96.0 cm³/mol. The van der Waals surface area contributed by atoms with Crippen LogP contribution in [0, 0.1) is 0 Å². The van der Waals surface area contributed by atoms with E-state index in [4.69, 9.17) is 9.47 Å². The highest BCUT2D eigenvalue weighted by atomic mass is 32.1. The lowest BCUT2D eigenvalue weighted by atomic mass is 10.2. The smallest absolute Gasteiger partial charge is 0.416 e. The zero-order chi connectivity index (χ0) is 18.9. The van der Waals surface area contributed by atoms with Gasteiger partial charge in [0.05, 0.1) is 29.0 Å². The molecule has 0 amide bonds. The Morgan fingerprint density at radius 2 is 2.15 bits per heavy atom. The van der Waals surface area contributed by atoms with Gasteiger partial charge in [0, 0.05) is 25.2 Å². The van der Waals surface area contributed by atoms with Gasteiger partial charge >= 0.3 is 6.18 Å². The summed E-state index contributed by atoms with van der Waals surface area (Å²) >= 11 is 1.31. The van der Waals surface area contributed by atoms with E-state index >= 15 is 0 Å². The number of hydrogen-bond acceptors (Lipinski definition) is 6. The maximum absolute atomic E-state index is 12.8. The highest BCUT2D eigenvalue weighted by Crippen LogP contribution is 2.34. The predicted octanol–water partition coefficient (Wildman–Crippen LogP) is 4.49. The molecule has 3 aromatic rings. The Morgan fingerprint density at radius 1 is 1.26 bits per heavy atom. The van der Waals surface area contributed by atoms with Gasteiger partial charge < -0.3 is 14.8 Å². The van der Waals surface area contributed by atoms with Crippen LogP contribution in [0.1, 0.15) is 17.5 Å². The molecule has 1 saturated heterocycles. The average molecular weight is 395 g/mol.